The molecule has 1 aromatic carbocycles. The van der Waals surface area contributed by atoms with Crippen molar-refractivity contribution in [1.82, 2.24) is 19.9 Å². The maximum absolute atomic E-state index is 12.5. The summed E-state index contributed by atoms with van der Waals surface area (Å²) in [5.74, 6) is 0.544. The maximum atomic E-state index is 12.5. The molecule has 0 saturated heterocycles. The van der Waals surface area contributed by atoms with Gasteiger partial charge >= 0.3 is 0 Å². The van der Waals surface area contributed by atoms with Crippen LogP contribution >= 0.6 is 0 Å². The van der Waals surface area contributed by atoms with Crippen LogP contribution < -0.4 is 5.56 Å². The van der Waals surface area contributed by atoms with Crippen molar-refractivity contribution in [2.24, 2.45) is 0 Å². The minimum Gasteiger partial charge on any atom is -0.305 e. The Balaban J connectivity index is 1.62. The van der Waals surface area contributed by atoms with Crippen LogP contribution in [0.4, 0.5) is 0 Å². The standard InChI is InChI=1S/C21H22N4O/c1-14-6-7-15(2)16(11-14)12-25-10-8-17-19(13-25)23-20(24-21(17)26)18-5-3-4-9-22-18/h3-7,9,11H,8,10,12-13H2,1-2H3,(H,23,24,26). The third-order valence-electron chi connectivity index (χ3n) is 4.96. The Bertz CT molecular complexity index is 995. The smallest absolute Gasteiger partial charge is 0.254 e. The van der Waals surface area contributed by atoms with E-state index in [0.29, 0.717) is 18.1 Å². The van der Waals surface area contributed by atoms with Gasteiger partial charge in [0.15, 0.2) is 5.82 Å². The van der Waals surface area contributed by atoms with Crippen LogP contribution in [0.15, 0.2) is 47.4 Å². The van der Waals surface area contributed by atoms with E-state index in [9.17, 15) is 4.79 Å². The number of aromatic amines is 1. The second-order valence-electron chi connectivity index (χ2n) is 6.95. The molecule has 0 unspecified atom stereocenters. The fraction of sp³-hybridized carbons (Fsp3) is 0.286. The quantitative estimate of drug-likeness (QED) is 0.792. The molecule has 1 N–H and O–H groups in total. The van der Waals surface area contributed by atoms with Crippen molar-refractivity contribution in [3.05, 3.63) is 80.9 Å². The molecule has 1 aliphatic rings. The number of aryl methyl sites for hydroxylation is 2. The molecule has 3 aromatic rings. The van der Waals surface area contributed by atoms with E-state index in [4.69, 9.17) is 4.98 Å². The summed E-state index contributed by atoms with van der Waals surface area (Å²) in [5.41, 5.74) is 6.24. The van der Waals surface area contributed by atoms with Crippen LogP contribution in [0, 0.1) is 13.8 Å². The fourth-order valence-electron chi connectivity index (χ4n) is 3.46. The third-order valence-corrected chi connectivity index (χ3v) is 4.96. The molecule has 0 radical (unpaired) electrons. The van der Waals surface area contributed by atoms with Gasteiger partial charge in [-0.15, -0.1) is 0 Å². The Kier molecular flexibility index (Phi) is 4.39. The normalized spacial score (nSPS) is 14.2. The number of hydrogen-bond acceptors (Lipinski definition) is 4. The fourth-order valence-corrected chi connectivity index (χ4v) is 3.46. The zero-order chi connectivity index (χ0) is 18.1. The first-order valence-electron chi connectivity index (χ1n) is 8.92. The first-order chi connectivity index (χ1) is 12.6. The van der Waals surface area contributed by atoms with Crippen molar-refractivity contribution in [2.45, 2.75) is 33.4 Å². The van der Waals surface area contributed by atoms with Gasteiger partial charge < -0.3 is 4.98 Å². The van der Waals surface area contributed by atoms with E-state index in [1.807, 2.05) is 18.2 Å². The van der Waals surface area contributed by atoms with Gasteiger partial charge in [-0.1, -0.05) is 29.8 Å². The first kappa shape index (κ1) is 16.7. The van der Waals surface area contributed by atoms with Crippen LogP contribution in [0.1, 0.15) is 27.9 Å². The molecule has 0 spiro atoms. The average molecular weight is 346 g/mol. The molecule has 3 heterocycles. The van der Waals surface area contributed by atoms with Crippen molar-refractivity contribution < 1.29 is 0 Å². The van der Waals surface area contributed by atoms with E-state index >= 15 is 0 Å². The van der Waals surface area contributed by atoms with Gasteiger partial charge in [-0.05, 0) is 43.5 Å². The van der Waals surface area contributed by atoms with Crippen LogP contribution in [0.5, 0.6) is 0 Å². The van der Waals surface area contributed by atoms with Crippen LogP contribution in [-0.2, 0) is 19.5 Å². The molecule has 2 aromatic heterocycles. The first-order valence-corrected chi connectivity index (χ1v) is 8.92. The second-order valence-corrected chi connectivity index (χ2v) is 6.95. The van der Waals surface area contributed by atoms with Crippen molar-refractivity contribution in [3.8, 4) is 11.5 Å². The van der Waals surface area contributed by atoms with Crippen LogP contribution in [0.25, 0.3) is 11.5 Å². The van der Waals surface area contributed by atoms with E-state index in [1.165, 1.54) is 16.7 Å². The summed E-state index contributed by atoms with van der Waals surface area (Å²) in [6.45, 7) is 6.70. The number of rotatable bonds is 3. The molecule has 0 atom stereocenters. The topological polar surface area (TPSA) is 61.9 Å². The Hall–Kier alpha value is -2.79. The summed E-state index contributed by atoms with van der Waals surface area (Å²) in [4.78, 5) is 26.7. The minimum atomic E-state index is -0.0398. The maximum Gasteiger partial charge on any atom is 0.254 e. The molecule has 132 valence electrons. The van der Waals surface area contributed by atoms with E-state index in [2.05, 4.69) is 46.9 Å². The number of fused-ring (bicyclic) bond motifs is 1. The van der Waals surface area contributed by atoms with E-state index in [-0.39, 0.29) is 5.56 Å². The second kappa shape index (κ2) is 6.84. The summed E-state index contributed by atoms with van der Waals surface area (Å²) >= 11 is 0. The number of pyridine rings is 1. The molecule has 4 rings (SSSR count). The molecule has 26 heavy (non-hydrogen) atoms. The Morgan fingerprint density at radius 2 is 2.08 bits per heavy atom. The van der Waals surface area contributed by atoms with Crippen molar-refractivity contribution >= 4 is 0 Å². The van der Waals surface area contributed by atoms with E-state index in [0.717, 1.165) is 30.8 Å². The summed E-state index contributed by atoms with van der Waals surface area (Å²) in [5, 5.41) is 0. The summed E-state index contributed by atoms with van der Waals surface area (Å²) < 4.78 is 0. The van der Waals surface area contributed by atoms with Gasteiger partial charge in [0, 0.05) is 31.4 Å². The minimum absolute atomic E-state index is 0.0398. The predicted octanol–water partition coefficient (Wildman–Crippen LogP) is 3.01. The molecule has 5 heteroatoms. The summed E-state index contributed by atoms with van der Waals surface area (Å²) in [6.07, 6.45) is 2.44. The number of nitrogens with zero attached hydrogens (tertiary/aromatic N) is 3. The highest BCUT2D eigenvalue weighted by atomic mass is 16.1. The van der Waals surface area contributed by atoms with Gasteiger partial charge in [-0.3, -0.25) is 14.7 Å². The van der Waals surface area contributed by atoms with Crippen molar-refractivity contribution in [2.75, 3.05) is 6.54 Å². The highest BCUT2D eigenvalue weighted by Crippen LogP contribution is 2.20. The molecule has 0 amide bonds. The largest absolute Gasteiger partial charge is 0.305 e. The lowest BCUT2D eigenvalue weighted by Crippen LogP contribution is -2.35. The molecule has 5 nitrogen and oxygen atoms in total. The van der Waals surface area contributed by atoms with Gasteiger partial charge in [0.1, 0.15) is 5.69 Å². The highest BCUT2D eigenvalue weighted by molar-refractivity contribution is 5.49. The average Bonchev–Trinajstić information content (AvgIpc) is 2.65. The number of hydrogen-bond donors (Lipinski definition) is 1. The van der Waals surface area contributed by atoms with Crippen LogP contribution in [0.3, 0.4) is 0 Å². The highest BCUT2D eigenvalue weighted by Gasteiger charge is 2.22. The van der Waals surface area contributed by atoms with Crippen molar-refractivity contribution in [1.29, 1.82) is 0 Å². The molecule has 0 fully saturated rings. The van der Waals surface area contributed by atoms with Crippen LogP contribution in [-0.4, -0.2) is 26.4 Å². The third kappa shape index (κ3) is 3.30. The number of benzene rings is 1. The zero-order valence-electron chi connectivity index (χ0n) is 15.1. The Labute approximate surface area is 152 Å². The lowest BCUT2D eigenvalue weighted by atomic mass is 10.0. The Morgan fingerprint density at radius 1 is 1.19 bits per heavy atom. The Morgan fingerprint density at radius 3 is 2.88 bits per heavy atom. The monoisotopic (exact) mass is 346 g/mol. The van der Waals surface area contributed by atoms with Gasteiger partial charge in [0.2, 0.25) is 0 Å². The lowest BCUT2D eigenvalue weighted by molar-refractivity contribution is 0.240. The summed E-state index contributed by atoms with van der Waals surface area (Å²) in [6, 6.07) is 12.2. The van der Waals surface area contributed by atoms with E-state index in [1.54, 1.807) is 6.20 Å². The molecular formula is C21H22N4O. The number of H-pyrrole nitrogens is 1. The molecule has 0 aliphatic carbocycles. The van der Waals surface area contributed by atoms with Gasteiger partial charge in [-0.25, -0.2) is 4.98 Å². The lowest BCUT2D eigenvalue weighted by Gasteiger charge is -2.28. The SMILES string of the molecule is Cc1ccc(C)c(CN2CCc3c(nc(-c4ccccn4)[nH]c3=O)C2)c1. The predicted molar refractivity (Wildman–Crippen MR) is 102 cm³/mol. The zero-order valence-corrected chi connectivity index (χ0v) is 15.1. The molecule has 1 aliphatic heterocycles. The molecular weight excluding hydrogens is 324 g/mol. The van der Waals surface area contributed by atoms with Gasteiger partial charge in [0.25, 0.3) is 5.56 Å². The van der Waals surface area contributed by atoms with E-state index < -0.39 is 0 Å². The van der Waals surface area contributed by atoms with Crippen molar-refractivity contribution in [3.63, 3.8) is 0 Å². The van der Waals surface area contributed by atoms with Crippen LogP contribution in [0.2, 0.25) is 0 Å². The summed E-state index contributed by atoms with van der Waals surface area (Å²) in [7, 11) is 0. The van der Waals surface area contributed by atoms with Gasteiger partial charge in [-0.2, -0.15) is 0 Å². The van der Waals surface area contributed by atoms with Gasteiger partial charge in [0.05, 0.1) is 5.69 Å². The number of nitrogens with one attached hydrogen (secondary N) is 1. The molecule has 0 saturated carbocycles. The molecule has 0 bridgehead atoms. The number of aromatic nitrogens is 3.